The highest BCUT2D eigenvalue weighted by Crippen LogP contribution is 2.45. The molecule has 156 valence electrons. The first-order valence-corrected chi connectivity index (χ1v) is 10.1. The SMILES string of the molecule is C=N/C=C(\C=C/C)[C@H]1C[C@@H]1C(=O)Nc1cc2cc(-c3cnccc3C)nc(N)c2cn1. The number of pyridine rings is 3. The normalized spacial score (nSPS) is 18.3. The van der Waals surface area contributed by atoms with Crippen LogP contribution >= 0.6 is 0 Å². The second kappa shape index (κ2) is 8.47. The van der Waals surface area contributed by atoms with Crippen molar-refractivity contribution in [2.75, 3.05) is 11.1 Å². The fraction of sp³-hybridized carbons (Fsp3) is 0.208. The molecule has 3 heterocycles. The maximum Gasteiger partial charge on any atom is 0.229 e. The van der Waals surface area contributed by atoms with Gasteiger partial charge in [-0.2, -0.15) is 0 Å². The van der Waals surface area contributed by atoms with Crippen molar-refractivity contribution in [3.63, 3.8) is 0 Å². The van der Waals surface area contributed by atoms with Crippen LogP contribution in [0.2, 0.25) is 0 Å². The number of amides is 1. The molecule has 0 radical (unpaired) electrons. The topological polar surface area (TPSA) is 106 Å². The van der Waals surface area contributed by atoms with Crippen LogP contribution in [0.1, 0.15) is 18.9 Å². The zero-order valence-corrected chi connectivity index (χ0v) is 17.5. The molecule has 0 unspecified atom stereocenters. The first kappa shape index (κ1) is 20.4. The van der Waals surface area contributed by atoms with Gasteiger partial charge in [0.15, 0.2) is 0 Å². The van der Waals surface area contributed by atoms with Crippen LogP contribution in [0, 0.1) is 18.8 Å². The highest BCUT2D eigenvalue weighted by molar-refractivity contribution is 5.98. The maximum atomic E-state index is 12.7. The van der Waals surface area contributed by atoms with E-state index in [9.17, 15) is 4.79 Å². The lowest BCUT2D eigenvalue weighted by Gasteiger charge is -2.10. The van der Waals surface area contributed by atoms with Crippen molar-refractivity contribution in [1.29, 1.82) is 0 Å². The zero-order valence-electron chi connectivity index (χ0n) is 17.5. The van der Waals surface area contributed by atoms with Crippen molar-refractivity contribution >= 4 is 35.0 Å². The summed E-state index contributed by atoms with van der Waals surface area (Å²) in [4.78, 5) is 29.6. The third-order valence-corrected chi connectivity index (χ3v) is 5.47. The van der Waals surface area contributed by atoms with Crippen molar-refractivity contribution in [2.24, 2.45) is 16.8 Å². The third kappa shape index (κ3) is 4.21. The van der Waals surface area contributed by atoms with E-state index in [1.165, 1.54) is 0 Å². The standard InChI is InChI=1S/C24H24N6O/c1-4-5-15(11-26-3)17-10-18(17)24(31)30-22-9-16-8-21(19-12-27-7-6-14(19)2)29-23(25)20(16)13-28-22/h4-9,11-13,17-18H,3,10H2,1-2H3,(H2,25,29)(H,28,30,31)/b5-4-,15-11+/t17-,18+/m1/s1. The Kier molecular flexibility index (Phi) is 5.58. The Morgan fingerprint density at radius 3 is 2.90 bits per heavy atom. The molecule has 7 heteroatoms. The summed E-state index contributed by atoms with van der Waals surface area (Å²) in [5.41, 5.74) is 9.90. The van der Waals surface area contributed by atoms with Crippen molar-refractivity contribution in [2.45, 2.75) is 20.3 Å². The van der Waals surface area contributed by atoms with Crippen LogP contribution in [-0.2, 0) is 4.79 Å². The Labute approximate surface area is 180 Å². The van der Waals surface area contributed by atoms with E-state index in [2.05, 4.69) is 32.0 Å². The second-order valence-corrected chi connectivity index (χ2v) is 7.62. The Balaban J connectivity index is 1.58. The minimum atomic E-state index is -0.0992. The number of hydrogen-bond acceptors (Lipinski definition) is 6. The first-order chi connectivity index (χ1) is 15.0. The molecule has 1 amide bonds. The number of nitrogen functional groups attached to an aromatic ring is 1. The van der Waals surface area contributed by atoms with Gasteiger partial charge in [0.1, 0.15) is 11.6 Å². The minimum absolute atomic E-state index is 0.0540. The number of aryl methyl sites for hydroxylation is 1. The number of hydrogen-bond donors (Lipinski definition) is 2. The van der Waals surface area contributed by atoms with Gasteiger partial charge < -0.3 is 11.1 Å². The van der Waals surface area contributed by atoms with Gasteiger partial charge in [0.2, 0.25) is 5.91 Å². The second-order valence-electron chi connectivity index (χ2n) is 7.62. The fourth-order valence-electron chi connectivity index (χ4n) is 3.74. The van der Waals surface area contributed by atoms with E-state index in [0.717, 1.165) is 39.6 Å². The van der Waals surface area contributed by atoms with Gasteiger partial charge in [0.25, 0.3) is 0 Å². The lowest BCUT2D eigenvalue weighted by Crippen LogP contribution is -2.16. The summed E-state index contributed by atoms with van der Waals surface area (Å²) in [6.07, 6.45) is 11.6. The third-order valence-electron chi connectivity index (χ3n) is 5.47. The number of aliphatic imine (C=N–C) groups is 1. The summed E-state index contributed by atoms with van der Waals surface area (Å²) in [6.45, 7) is 7.45. The molecule has 3 N–H and O–H groups in total. The van der Waals surface area contributed by atoms with Crippen LogP contribution in [0.15, 0.2) is 65.7 Å². The Morgan fingerprint density at radius 2 is 2.16 bits per heavy atom. The molecule has 0 saturated heterocycles. The molecule has 7 nitrogen and oxygen atoms in total. The van der Waals surface area contributed by atoms with Crippen LogP contribution in [-0.4, -0.2) is 27.6 Å². The summed E-state index contributed by atoms with van der Waals surface area (Å²) in [5.74, 6) is 0.879. The van der Waals surface area contributed by atoms with Crippen LogP contribution in [0.25, 0.3) is 22.0 Å². The molecule has 1 saturated carbocycles. The quantitative estimate of drug-likeness (QED) is 0.463. The number of rotatable bonds is 6. The van der Waals surface area contributed by atoms with E-state index in [4.69, 9.17) is 5.73 Å². The van der Waals surface area contributed by atoms with Gasteiger partial charge in [-0.05, 0) is 67.6 Å². The molecule has 4 rings (SSSR count). The molecular formula is C24H24N6O. The average molecular weight is 412 g/mol. The molecule has 1 aliphatic rings. The number of nitrogens with one attached hydrogen (secondary N) is 1. The summed E-state index contributed by atoms with van der Waals surface area (Å²) in [7, 11) is 0. The molecule has 2 atom stereocenters. The average Bonchev–Trinajstić information content (AvgIpc) is 3.55. The summed E-state index contributed by atoms with van der Waals surface area (Å²) >= 11 is 0. The summed E-state index contributed by atoms with van der Waals surface area (Å²) in [5, 5.41) is 4.53. The highest BCUT2D eigenvalue weighted by Gasteiger charge is 2.44. The number of aromatic nitrogens is 3. The van der Waals surface area contributed by atoms with E-state index in [1.807, 2.05) is 44.2 Å². The minimum Gasteiger partial charge on any atom is -0.383 e. The monoisotopic (exact) mass is 412 g/mol. The van der Waals surface area contributed by atoms with Crippen LogP contribution in [0.4, 0.5) is 11.6 Å². The van der Waals surface area contributed by atoms with E-state index in [0.29, 0.717) is 11.6 Å². The maximum absolute atomic E-state index is 12.7. The van der Waals surface area contributed by atoms with Crippen molar-refractivity contribution < 1.29 is 4.79 Å². The summed E-state index contributed by atoms with van der Waals surface area (Å²) in [6, 6.07) is 5.70. The van der Waals surface area contributed by atoms with E-state index < -0.39 is 0 Å². The lowest BCUT2D eigenvalue weighted by molar-refractivity contribution is -0.117. The highest BCUT2D eigenvalue weighted by atomic mass is 16.2. The molecule has 0 spiro atoms. The molecule has 1 aliphatic carbocycles. The number of nitrogens with two attached hydrogens (primary N) is 1. The zero-order chi connectivity index (χ0) is 22.0. The van der Waals surface area contributed by atoms with E-state index in [-0.39, 0.29) is 17.7 Å². The Bertz CT molecular complexity index is 1230. The molecule has 31 heavy (non-hydrogen) atoms. The number of carbonyl (C=O) groups excluding carboxylic acids is 1. The van der Waals surface area contributed by atoms with Gasteiger partial charge in [0, 0.05) is 41.7 Å². The number of fused-ring (bicyclic) bond motifs is 1. The lowest BCUT2D eigenvalue weighted by atomic mass is 10.1. The largest absolute Gasteiger partial charge is 0.383 e. The van der Waals surface area contributed by atoms with Gasteiger partial charge in [-0.1, -0.05) is 12.2 Å². The number of nitrogens with zero attached hydrogens (tertiary/aromatic N) is 4. The van der Waals surface area contributed by atoms with Gasteiger partial charge in [-0.3, -0.25) is 14.8 Å². The van der Waals surface area contributed by atoms with Crippen molar-refractivity contribution in [3.8, 4) is 11.3 Å². The molecule has 0 aliphatic heterocycles. The van der Waals surface area contributed by atoms with Crippen LogP contribution in [0.5, 0.6) is 0 Å². The Hall–Kier alpha value is -3.87. The predicted molar refractivity (Wildman–Crippen MR) is 125 cm³/mol. The number of allylic oxidation sites excluding steroid dienone is 3. The molecule has 3 aromatic rings. The van der Waals surface area contributed by atoms with Crippen LogP contribution in [0.3, 0.4) is 0 Å². The molecule has 0 bridgehead atoms. The Morgan fingerprint density at radius 1 is 1.32 bits per heavy atom. The number of carbonyl (C=O) groups is 1. The van der Waals surface area contributed by atoms with Gasteiger partial charge in [0.05, 0.1) is 5.69 Å². The molecule has 3 aromatic heterocycles. The van der Waals surface area contributed by atoms with E-state index >= 15 is 0 Å². The first-order valence-electron chi connectivity index (χ1n) is 10.1. The fourth-order valence-corrected chi connectivity index (χ4v) is 3.74. The van der Waals surface area contributed by atoms with Crippen molar-refractivity contribution in [3.05, 3.63) is 66.3 Å². The van der Waals surface area contributed by atoms with Crippen LogP contribution < -0.4 is 11.1 Å². The predicted octanol–water partition coefficient (Wildman–Crippen LogP) is 4.32. The summed E-state index contributed by atoms with van der Waals surface area (Å²) < 4.78 is 0. The molecule has 0 aromatic carbocycles. The molecular weight excluding hydrogens is 388 g/mol. The molecule has 1 fully saturated rings. The smallest absolute Gasteiger partial charge is 0.229 e. The van der Waals surface area contributed by atoms with Gasteiger partial charge in [-0.25, -0.2) is 9.97 Å². The van der Waals surface area contributed by atoms with Crippen molar-refractivity contribution in [1.82, 2.24) is 15.0 Å². The van der Waals surface area contributed by atoms with Gasteiger partial charge in [-0.15, -0.1) is 0 Å². The van der Waals surface area contributed by atoms with Gasteiger partial charge >= 0.3 is 0 Å². The van der Waals surface area contributed by atoms with E-state index in [1.54, 1.807) is 24.8 Å². The number of anilines is 2.